The maximum atomic E-state index is 12.5. The number of amides is 1. The minimum Gasteiger partial charge on any atom is -0.444 e. The van der Waals surface area contributed by atoms with E-state index in [4.69, 9.17) is 10.2 Å². The summed E-state index contributed by atoms with van der Waals surface area (Å²) in [5.41, 5.74) is 8.79. The van der Waals surface area contributed by atoms with Crippen LogP contribution in [0, 0.1) is 0 Å². The number of carbonyl (C=O) groups is 1. The van der Waals surface area contributed by atoms with Gasteiger partial charge in [0, 0.05) is 36.9 Å². The van der Waals surface area contributed by atoms with Crippen molar-refractivity contribution in [3.8, 4) is 11.5 Å². The van der Waals surface area contributed by atoms with Crippen molar-refractivity contribution in [1.82, 2.24) is 15.2 Å². The largest absolute Gasteiger partial charge is 0.444 e. The molecule has 1 saturated heterocycles. The number of likely N-dealkylation sites (tertiary alicyclic amines) is 1. The van der Waals surface area contributed by atoms with E-state index >= 15 is 0 Å². The average Bonchev–Trinajstić information content (AvgIpc) is 3.21. The van der Waals surface area contributed by atoms with Crippen LogP contribution in [0.3, 0.4) is 0 Å². The minimum atomic E-state index is -0.188. The lowest BCUT2D eigenvalue weighted by Gasteiger charge is -2.32. The zero-order chi connectivity index (χ0) is 19.3. The standard InChI is InChI=1S/C22H24N4O2/c23-18-8-6-17(7-9-18)22-25-20(15-28-22)21(27)24-19-10-12-26(13-11-19)14-16-4-2-1-3-5-16/h1-9,15,19H,10-14,23H2,(H,24,27). The first-order chi connectivity index (χ1) is 13.7. The molecule has 0 aliphatic carbocycles. The average molecular weight is 376 g/mol. The van der Waals surface area contributed by atoms with Crippen molar-refractivity contribution >= 4 is 11.6 Å². The quantitative estimate of drug-likeness (QED) is 0.668. The molecule has 0 spiro atoms. The van der Waals surface area contributed by atoms with E-state index in [1.807, 2.05) is 18.2 Å². The van der Waals surface area contributed by atoms with Gasteiger partial charge in [0.05, 0.1) is 0 Å². The van der Waals surface area contributed by atoms with Crippen molar-refractivity contribution in [1.29, 1.82) is 0 Å². The molecule has 1 fully saturated rings. The number of oxazole rings is 1. The predicted molar refractivity (Wildman–Crippen MR) is 109 cm³/mol. The molecule has 3 aromatic rings. The number of rotatable bonds is 5. The summed E-state index contributed by atoms with van der Waals surface area (Å²) in [6.45, 7) is 2.89. The Bertz CT molecular complexity index is 913. The second-order valence-corrected chi connectivity index (χ2v) is 7.17. The summed E-state index contributed by atoms with van der Waals surface area (Å²) in [7, 11) is 0. The molecule has 1 aromatic heterocycles. The number of nitrogens with one attached hydrogen (secondary N) is 1. The third-order valence-electron chi connectivity index (χ3n) is 5.07. The number of hydrogen-bond donors (Lipinski definition) is 2. The zero-order valence-electron chi connectivity index (χ0n) is 15.7. The fourth-order valence-electron chi connectivity index (χ4n) is 3.47. The zero-order valence-corrected chi connectivity index (χ0v) is 15.7. The van der Waals surface area contributed by atoms with Crippen LogP contribution in [-0.4, -0.2) is 34.9 Å². The summed E-state index contributed by atoms with van der Waals surface area (Å²) in [6.07, 6.45) is 3.27. The summed E-state index contributed by atoms with van der Waals surface area (Å²) < 4.78 is 5.46. The van der Waals surface area contributed by atoms with Crippen LogP contribution in [0.5, 0.6) is 0 Å². The van der Waals surface area contributed by atoms with Crippen molar-refractivity contribution < 1.29 is 9.21 Å². The molecule has 3 N–H and O–H groups in total. The normalized spacial score (nSPS) is 15.4. The molecule has 2 heterocycles. The third kappa shape index (κ3) is 4.40. The number of hydrogen-bond acceptors (Lipinski definition) is 5. The first kappa shape index (κ1) is 18.3. The number of nitrogens with two attached hydrogens (primary N) is 1. The number of benzene rings is 2. The van der Waals surface area contributed by atoms with Crippen molar-refractivity contribution in [2.75, 3.05) is 18.8 Å². The van der Waals surface area contributed by atoms with Gasteiger partial charge in [0.1, 0.15) is 6.26 Å². The van der Waals surface area contributed by atoms with E-state index in [0.717, 1.165) is 38.0 Å². The fraction of sp³-hybridized carbons (Fsp3) is 0.273. The van der Waals surface area contributed by atoms with Gasteiger partial charge in [0.2, 0.25) is 5.89 Å². The summed E-state index contributed by atoms with van der Waals surface area (Å²) in [5, 5.41) is 3.09. The number of piperidine rings is 1. The number of nitrogens with zero attached hydrogens (tertiary/aromatic N) is 2. The number of aromatic nitrogens is 1. The van der Waals surface area contributed by atoms with E-state index in [1.54, 1.807) is 12.1 Å². The highest BCUT2D eigenvalue weighted by atomic mass is 16.3. The highest BCUT2D eigenvalue weighted by molar-refractivity contribution is 5.92. The predicted octanol–water partition coefficient (Wildman–Crippen LogP) is 3.32. The molecule has 0 unspecified atom stereocenters. The smallest absolute Gasteiger partial charge is 0.273 e. The van der Waals surface area contributed by atoms with Gasteiger partial charge in [-0.2, -0.15) is 0 Å². The lowest BCUT2D eigenvalue weighted by molar-refractivity contribution is 0.0904. The van der Waals surface area contributed by atoms with Crippen molar-refractivity contribution in [2.24, 2.45) is 0 Å². The van der Waals surface area contributed by atoms with E-state index in [-0.39, 0.29) is 11.9 Å². The van der Waals surface area contributed by atoms with Crippen LogP contribution in [0.1, 0.15) is 28.9 Å². The SMILES string of the molecule is Nc1ccc(-c2nc(C(=O)NC3CCN(Cc4ccccc4)CC3)co2)cc1. The lowest BCUT2D eigenvalue weighted by Crippen LogP contribution is -2.44. The summed E-state index contributed by atoms with van der Waals surface area (Å²) in [6, 6.07) is 17.8. The van der Waals surface area contributed by atoms with Crippen LogP contribution < -0.4 is 11.1 Å². The number of anilines is 1. The maximum Gasteiger partial charge on any atom is 0.273 e. The minimum absolute atomic E-state index is 0.163. The van der Waals surface area contributed by atoms with Gasteiger partial charge in [-0.1, -0.05) is 30.3 Å². The Morgan fingerprint density at radius 1 is 1.11 bits per heavy atom. The number of nitrogen functional groups attached to an aromatic ring is 1. The molecule has 144 valence electrons. The first-order valence-electron chi connectivity index (χ1n) is 9.56. The summed E-state index contributed by atoms with van der Waals surface area (Å²) >= 11 is 0. The molecule has 0 atom stereocenters. The van der Waals surface area contributed by atoms with Gasteiger partial charge in [0.15, 0.2) is 5.69 Å². The van der Waals surface area contributed by atoms with Gasteiger partial charge in [-0.15, -0.1) is 0 Å². The van der Waals surface area contributed by atoms with Crippen molar-refractivity contribution in [2.45, 2.75) is 25.4 Å². The molecule has 0 radical (unpaired) electrons. The van der Waals surface area contributed by atoms with Gasteiger partial charge in [-0.05, 0) is 42.7 Å². The third-order valence-corrected chi connectivity index (χ3v) is 5.07. The molecule has 1 amide bonds. The molecule has 0 saturated carbocycles. The maximum absolute atomic E-state index is 12.5. The molecule has 4 rings (SSSR count). The van der Waals surface area contributed by atoms with E-state index < -0.39 is 0 Å². The Balaban J connectivity index is 1.29. The van der Waals surface area contributed by atoms with Gasteiger partial charge in [-0.25, -0.2) is 4.98 Å². The van der Waals surface area contributed by atoms with Crippen molar-refractivity contribution in [3.05, 3.63) is 72.1 Å². The Morgan fingerprint density at radius 2 is 1.82 bits per heavy atom. The van der Waals surface area contributed by atoms with Crippen LogP contribution in [0.2, 0.25) is 0 Å². The molecule has 6 heteroatoms. The van der Waals surface area contributed by atoms with Crippen LogP contribution in [0.4, 0.5) is 5.69 Å². The lowest BCUT2D eigenvalue weighted by atomic mass is 10.0. The molecule has 28 heavy (non-hydrogen) atoms. The molecular weight excluding hydrogens is 352 g/mol. The topological polar surface area (TPSA) is 84.4 Å². The summed E-state index contributed by atoms with van der Waals surface area (Å²) in [4.78, 5) is 19.3. The summed E-state index contributed by atoms with van der Waals surface area (Å²) in [5.74, 6) is 0.231. The van der Waals surface area contributed by atoms with Gasteiger partial charge >= 0.3 is 0 Å². The molecule has 1 aliphatic heterocycles. The van der Waals surface area contributed by atoms with E-state index in [0.29, 0.717) is 17.3 Å². The van der Waals surface area contributed by atoms with Gasteiger partial charge < -0.3 is 15.5 Å². The van der Waals surface area contributed by atoms with E-state index in [1.165, 1.54) is 11.8 Å². The van der Waals surface area contributed by atoms with Crippen LogP contribution in [-0.2, 0) is 6.54 Å². The second-order valence-electron chi connectivity index (χ2n) is 7.17. The fourth-order valence-corrected chi connectivity index (χ4v) is 3.47. The Hall–Kier alpha value is -3.12. The molecule has 0 bridgehead atoms. The molecule has 1 aliphatic rings. The molecular formula is C22H24N4O2. The molecule has 2 aromatic carbocycles. The Labute approximate surface area is 164 Å². The van der Waals surface area contributed by atoms with Crippen LogP contribution in [0.25, 0.3) is 11.5 Å². The second kappa shape index (κ2) is 8.27. The van der Waals surface area contributed by atoms with Crippen LogP contribution in [0.15, 0.2) is 65.3 Å². The van der Waals surface area contributed by atoms with Crippen LogP contribution >= 0.6 is 0 Å². The Morgan fingerprint density at radius 3 is 2.54 bits per heavy atom. The highest BCUT2D eigenvalue weighted by Gasteiger charge is 2.22. The molecule has 6 nitrogen and oxygen atoms in total. The van der Waals surface area contributed by atoms with Crippen molar-refractivity contribution in [3.63, 3.8) is 0 Å². The van der Waals surface area contributed by atoms with E-state index in [2.05, 4.69) is 39.5 Å². The first-order valence-corrected chi connectivity index (χ1v) is 9.56. The van der Waals surface area contributed by atoms with Gasteiger partial charge in [0.25, 0.3) is 5.91 Å². The monoisotopic (exact) mass is 376 g/mol. The number of carbonyl (C=O) groups excluding carboxylic acids is 1. The highest BCUT2D eigenvalue weighted by Crippen LogP contribution is 2.20. The Kier molecular flexibility index (Phi) is 5.39. The van der Waals surface area contributed by atoms with Gasteiger partial charge in [-0.3, -0.25) is 9.69 Å². The van der Waals surface area contributed by atoms with E-state index in [9.17, 15) is 4.79 Å².